The lowest BCUT2D eigenvalue weighted by molar-refractivity contribution is 0.117. The van der Waals surface area contributed by atoms with Gasteiger partial charge in [0.2, 0.25) is 0 Å². The Hall–Kier alpha value is -0.450. The van der Waals surface area contributed by atoms with Crippen LogP contribution in [0.25, 0.3) is 0 Å². The maximum atomic E-state index is 5.12. The van der Waals surface area contributed by atoms with Crippen molar-refractivity contribution in [2.45, 2.75) is 26.5 Å². The molecule has 3 nitrogen and oxygen atoms in total. The van der Waals surface area contributed by atoms with E-state index in [9.17, 15) is 0 Å². The molecule has 74 valence electrons. The monoisotopic (exact) mass is 200 g/mol. The number of hydrogen-bond acceptors (Lipinski definition) is 4. The average Bonchev–Trinajstić information content (AvgIpc) is 2.51. The zero-order chi connectivity index (χ0) is 9.68. The molecule has 0 fully saturated rings. The van der Waals surface area contributed by atoms with Gasteiger partial charge >= 0.3 is 0 Å². The SMILES string of the molecule is COC(C)CNCc1cnc(C)s1. The summed E-state index contributed by atoms with van der Waals surface area (Å²) in [7, 11) is 1.73. The van der Waals surface area contributed by atoms with Crippen LogP contribution in [0.2, 0.25) is 0 Å². The van der Waals surface area contributed by atoms with Crippen LogP contribution in [0.15, 0.2) is 6.20 Å². The summed E-state index contributed by atoms with van der Waals surface area (Å²) in [5.74, 6) is 0. The van der Waals surface area contributed by atoms with Crippen molar-refractivity contribution >= 4 is 11.3 Å². The molecule has 0 aliphatic rings. The van der Waals surface area contributed by atoms with Crippen LogP contribution in [0.1, 0.15) is 16.8 Å². The lowest BCUT2D eigenvalue weighted by Crippen LogP contribution is -2.25. The van der Waals surface area contributed by atoms with E-state index in [2.05, 4.69) is 10.3 Å². The Labute approximate surface area is 83.1 Å². The molecule has 1 rings (SSSR count). The number of rotatable bonds is 5. The zero-order valence-electron chi connectivity index (χ0n) is 8.33. The second kappa shape index (κ2) is 5.32. The number of nitrogens with one attached hydrogen (secondary N) is 1. The van der Waals surface area contributed by atoms with E-state index in [0.717, 1.165) is 18.1 Å². The van der Waals surface area contributed by atoms with E-state index in [1.807, 2.05) is 20.0 Å². The highest BCUT2D eigenvalue weighted by molar-refractivity contribution is 7.11. The van der Waals surface area contributed by atoms with Gasteiger partial charge < -0.3 is 10.1 Å². The number of aryl methyl sites for hydroxylation is 1. The molecule has 13 heavy (non-hydrogen) atoms. The third-order valence-electron chi connectivity index (χ3n) is 1.80. The third-order valence-corrected chi connectivity index (χ3v) is 2.72. The minimum Gasteiger partial charge on any atom is -0.380 e. The van der Waals surface area contributed by atoms with Crippen molar-refractivity contribution in [1.29, 1.82) is 0 Å². The first-order valence-electron chi connectivity index (χ1n) is 4.37. The van der Waals surface area contributed by atoms with Crippen LogP contribution in [0, 0.1) is 6.92 Å². The van der Waals surface area contributed by atoms with Gasteiger partial charge in [0.1, 0.15) is 0 Å². The molecule has 0 aliphatic carbocycles. The second-order valence-corrected chi connectivity index (χ2v) is 4.34. The Morgan fingerprint density at radius 3 is 3.00 bits per heavy atom. The average molecular weight is 200 g/mol. The van der Waals surface area contributed by atoms with E-state index < -0.39 is 0 Å². The Morgan fingerprint density at radius 1 is 1.69 bits per heavy atom. The normalized spacial score (nSPS) is 13.2. The number of thiazole rings is 1. The van der Waals surface area contributed by atoms with Gasteiger partial charge in [-0.25, -0.2) is 4.98 Å². The van der Waals surface area contributed by atoms with Crippen LogP contribution in [-0.4, -0.2) is 24.7 Å². The molecule has 0 bridgehead atoms. The Morgan fingerprint density at radius 2 is 2.46 bits per heavy atom. The molecule has 0 aromatic carbocycles. The van der Waals surface area contributed by atoms with Gasteiger partial charge in [-0.2, -0.15) is 0 Å². The molecule has 0 aliphatic heterocycles. The van der Waals surface area contributed by atoms with E-state index >= 15 is 0 Å². The lowest BCUT2D eigenvalue weighted by Gasteiger charge is -2.09. The van der Waals surface area contributed by atoms with Gasteiger partial charge in [0.05, 0.1) is 11.1 Å². The molecule has 0 saturated heterocycles. The summed E-state index contributed by atoms with van der Waals surface area (Å²) in [4.78, 5) is 5.46. The van der Waals surface area contributed by atoms with Gasteiger partial charge in [0, 0.05) is 31.3 Å². The molecule has 1 aromatic rings. The van der Waals surface area contributed by atoms with Crippen LogP contribution >= 0.6 is 11.3 Å². The third kappa shape index (κ3) is 3.85. The quantitative estimate of drug-likeness (QED) is 0.783. The standard InChI is InChI=1S/C9H16N2OS/c1-7(12-3)4-10-5-9-6-11-8(2)13-9/h6-7,10H,4-5H2,1-3H3. The van der Waals surface area contributed by atoms with Gasteiger partial charge in [-0.05, 0) is 13.8 Å². The molecule has 4 heteroatoms. The van der Waals surface area contributed by atoms with Gasteiger partial charge in [-0.3, -0.25) is 0 Å². The molecule has 1 heterocycles. The predicted molar refractivity (Wildman–Crippen MR) is 55.0 cm³/mol. The highest BCUT2D eigenvalue weighted by Gasteiger charge is 2.00. The van der Waals surface area contributed by atoms with Crippen LogP contribution in [0.4, 0.5) is 0 Å². The molecular formula is C9H16N2OS. The Kier molecular flexibility index (Phi) is 4.35. The first-order chi connectivity index (χ1) is 6.22. The van der Waals surface area contributed by atoms with E-state index in [1.54, 1.807) is 18.4 Å². The maximum absolute atomic E-state index is 5.12. The van der Waals surface area contributed by atoms with Crippen LogP contribution in [0.5, 0.6) is 0 Å². The first-order valence-corrected chi connectivity index (χ1v) is 5.19. The van der Waals surface area contributed by atoms with Gasteiger partial charge in [-0.1, -0.05) is 0 Å². The van der Waals surface area contributed by atoms with Gasteiger partial charge in [0.15, 0.2) is 0 Å². The number of hydrogen-bond donors (Lipinski definition) is 1. The first kappa shape index (κ1) is 10.6. The molecule has 0 radical (unpaired) electrons. The van der Waals surface area contributed by atoms with E-state index in [0.29, 0.717) is 0 Å². The van der Waals surface area contributed by atoms with Crippen LogP contribution in [0.3, 0.4) is 0 Å². The van der Waals surface area contributed by atoms with E-state index in [-0.39, 0.29) is 6.10 Å². The highest BCUT2D eigenvalue weighted by Crippen LogP contribution is 2.10. The van der Waals surface area contributed by atoms with Crippen LogP contribution in [-0.2, 0) is 11.3 Å². The molecule has 1 aromatic heterocycles. The maximum Gasteiger partial charge on any atom is 0.0897 e. The second-order valence-electron chi connectivity index (χ2n) is 3.02. The van der Waals surface area contributed by atoms with Crippen LogP contribution < -0.4 is 5.32 Å². The van der Waals surface area contributed by atoms with E-state index in [1.165, 1.54) is 4.88 Å². The largest absolute Gasteiger partial charge is 0.380 e. The van der Waals surface area contributed by atoms with Crippen molar-refractivity contribution in [3.63, 3.8) is 0 Å². The smallest absolute Gasteiger partial charge is 0.0897 e. The molecule has 1 atom stereocenters. The highest BCUT2D eigenvalue weighted by atomic mass is 32.1. The Bertz CT molecular complexity index is 250. The fraction of sp³-hybridized carbons (Fsp3) is 0.667. The number of aromatic nitrogens is 1. The summed E-state index contributed by atoms with van der Waals surface area (Å²) in [6.45, 7) is 5.84. The zero-order valence-corrected chi connectivity index (χ0v) is 9.15. The van der Waals surface area contributed by atoms with E-state index in [4.69, 9.17) is 4.74 Å². The number of methoxy groups -OCH3 is 1. The van der Waals surface area contributed by atoms with Crippen molar-refractivity contribution in [1.82, 2.24) is 10.3 Å². The molecule has 0 saturated carbocycles. The summed E-state index contributed by atoms with van der Waals surface area (Å²) in [6, 6.07) is 0. The van der Waals surface area contributed by atoms with Gasteiger partial charge in [-0.15, -0.1) is 11.3 Å². The lowest BCUT2D eigenvalue weighted by atomic mass is 10.4. The van der Waals surface area contributed by atoms with Gasteiger partial charge in [0.25, 0.3) is 0 Å². The molecule has 0 spiro atoms. The minimum atomic E-state index is 0.272. The topological polar surface area (TPSA) is 34.1 Å². The summed E-state index contributed by atoms with van der Waals surface area (Å²) in [5, 5.41) is 4.43. The Balaban J connectivity index is 2.20. The summed E-state index contributed by atoms with van der Waals surface area (Å²) in [5.41, 5.74) is 0. The molecular weight excluding hydrogens is 184 g/mol. The fourth-order valence-electron chi connectivity index (χ4n) is 0.969. The van der Waals surface area contributed by atoms with Crippen molar-refractivity contribution < 1.29 is 4.74 Å². The molecule has 0 amide bonds. The number of ether oxygens (including phenoxy) is 1. The summed E-state index contributed by atoms with van der Waals surface area (Å²) < 4.78 is 5.12. The minimum absolute atomic E-state index is 0.272. The van der Waals surface area contributed by atoms with Crippen molar-refractivity contribution in [2.75, 3.05) is 13.7 Å². The summed E-state index contributed by atoms with van der Waals surface area (Å²) >= 11 is 1.73. The van der Waals surface area contributed by atoms with Crippen molar-refractivity contribution in [3.8, 4) is 0 Å². The fourth-order valence-corrected chi connectivity index (χ4v) is 1.73. The predicted octanol–water partition coefficient (Wildman–Crippen LogP) is 1.58. The molecule has 1 N–H and O–H groups in total. The van der Waals surface area contributed by atoms with Crippen molar-refractivity contribution in [2.24, 2.45) is 0 Å². The molecule has 1 unspecified atom stereocenters. The number of nitrogens with zero attached hydrogens (tertiary/aromatic N) is 1. The summed E-state index contributed by atoms with van der Waals surface area (Å²) in [6.07, 6.45) is 2.19. The van der Waals surface area contributed by atoms with Crippen molar-refractivity contribution in [3.05, 3.63) is 16.1 Å².